The standard InChI is InChI=1S/C12H10BrNO2/c13-10-5-2-1-4-9(10)8-14-7-3-6-11(14)12(15)16/h1-7H,8H2,(H,15,16). The molecule has 1 N–H and O–H groups in total. The Morgan fingerprint density at radius 3 is 2.69 bits per heavy atom. The van der Waals surface area contributed by atoms with Crippen molar-refractivity contribution in [3.8, 4) is 0 Å². The second-order valence-electron chi connectivity index (χ2n) is 3.42. The molecule has 0 radical (unpaired) electrons. The maximum atomic E-state index is 10.9. The predicted octanol–water partition coefficient (Wildman–Crippen LogP) is 3.00. The Hall–Kier alpha value is -1.55. The van der Waals surface area contributed by atoms with E-state index in [0.29, 0.717) is 12.2 Å². The molecule has 4 heteroatoms. The Balaban J connectivity index is 2.31. The molecule has 0 atom stereocenters. The highest BCUT2D eigenvalue weighted by Crippen LogP contribution is 2.18. The minimum Gasteiger partial charge on any atom is -0.477 e. The van der Waals surface area contributed by atoms with E-state index in [-0.39, 0.29) is 0 Å². The molecule has 3 nitrogen and oxygen atoms in total. The number of benzene rings is 1. The Kier molecular flexibility index (Phi) is 3.10. The summed E-state index contributed by atoms with van der Waals surface area (Å²) in [6, 6.07) is 11.1. The van der Waals surface area contributed by atoms with Crippen molar-refractivity contribution in [2.45, 2.75) is 6.54 Å². The molecule has 1 aromatic carbocycles. The molecule has 16 heavy (non-hydrogen) atoms. The summed E-state index contributed by atoms with van der Waals surface area (Å²) in [4.78, 5) is 10.9. The number of halogens is 1. The van der Waals surface area contributed by atoms with E-state index < -0.39 is 5.97 Å². The fourth-order valence-corrected chi connectivity index (χ4v) is 1.97. The van der Waals surface area contributed by atoms with Gasteiger partial charge in [0.25, 0.3) is 0 Å². The summed E-state index contributed by atoms with van der Waals surface area (Å²) in [5, 5.41) is 8.97. The van der Waals surface area contributed by atoms with Gasteiger partial charge < -0.3 is 9.67 Å². The van der Waals surface area contributed by atoms with E-state index in [0.717, 1.165) is 10.0 Å². The maximum Gasteiger partial charge on any atom is 0.352 e. The van der Waals surface area contributed by atoms with Gasteiger partial charge in [0.1, 0.15) is 5.69 Å². The van der Waals surface area contributed by atoms with Gasteiger partial charge in [-0.25, -0.2) is 4.79 Å². The van der Waals surface area contributed by atoms with Crippen molar-refractivity contribution >= 4 is 21.9 Å². The van der Waals surface area contributed by atoms with E-state index in [4.69, 9.17) is 5.11 Å². The molecule has 0 bridgehead atoms. The number of hydrogen-bond acceptors (Lipinski definition) is 1. The molecule has 0 saturated carbocycles. The Morgan fingerprint density at radius 1 is 1.25 bits per heavy atom. The van der Waals surface area contributed by atoms with Crippen LogP contribution in [0.2, 0.25) is 0 Å². The number of nitrogens with zero attached hydrogens (tertiary/aromatic N) is 1. The van der Waals surface area contributed by atoms with Crippen LogP contribution in [0.25, 0.3) is 0 Å². The third-order valence-corrected chi connectivity index (χ3v) is 3.12. The average molecular weight is 280 g/mol. The second-order valence-corrected chi connectivity index (χ2v) is 4.27. The summed E-state index contributed by atoms with van der Waals surface area (Å²) in [7, 11) is 0. The topological polar surface area (TPSA) is 42.2 Å². The van der Waals surface area contributed by atoms with Gasteiger partial charge in [-0.05, 0) is 23.8 Å². The Morgan fingerprint density at radius 2 is 2.00 bits per heavy atom. The first kappa shape index (κ1) is 11.0. The van der Waals surface area contributed by atoms with Crippen molar-refractivity contribution in [2.75, 3.05) is 0 Å². The van der Waals surface area contributed by atoms with Crippen LogP contribution in [0, 0.1) is 0 Å². The molecule has 1 aromatic heterocycles. The van der Waals surface area contributed by atoms with Gasteiger partial charge in [-0.15, -0.1) is 0 Å². The third kappa shape index (κ3) is 2.17. The van der Waals surface area contributed by atoms with E-state index in [2.05, 4.69) is 15.9 Å². The van der Waals surface area contributed by atoms with Gasteiger partial charge in [0.2, 0.25) is 0 Å². The van der Waals surface area contributed by atoms with Crippen LogP contribution in [0.5, 0.6) is 0 Å². The molecule has 2 rings (SSSR count). The third-order valence-electron chi connectivity index (χ3n) is 2.35. The highest BCUT2D eigenvalue weighted by atomic mass is 79.9. The van der Waals surface area contributed by atoms with Crippen molar-refractivity contribution in [3.05, 3.63) is 58.3 Å². The van der Waals surface area contributed by atoms with Gasteiger partial charge >= 0.3 is 5.97 Å². The average Bonchev–Trinajstić information content (AvgIpc) is 2.69. The first-order chi connectivity index (χ1) is 7.68. The molecule has 0 aliphatic heterocycles. The fraction of sp³-hybridized carbons (Fsp3) is 0.0833. The summed E-state index contributed by atoms with van der Waals surface area (Å²) in [5.41, 5.74) is 1.36. The number of carboxylic acids is 1. The lowest BCUT2D eigenvalue weighted by molar-refractivity contribution is 0.0685. The Bertz CT molecular complexity index is 519. The summed E-state index contributed by atoms with van der Waals surface area (Å²) in [6.07, 6.45) is 1.77. The summed E-state index contributed by atoms with van der Waals surface area (Å²) in [6.45, 7) is 0.552. The Labute approximate surface area is 101 Å². The van der Waals surface area contributed by atoms with Gasteiger partial charge in [-0.2, -0.15) is 0 Å². The number of rotatable bonds is 3. The van der Waals surface area contributed by atoms with Gasteiger partial charge in [-0.3, -0.25) is 0 Å². The normalized spacial score (nSPS) is 10.3. The molecule has 82 valence electrons. The minimum atomic E-state index is -0.906. The van der Waals surface area contributed by atoms with Crippen molar-refractivity contribution in [2.24, 2.45) is 0 Å². The van der Waals surface area contributed by atoms with Crippen LogP contribution in [-0.2, 0) is 6.54 Å². The molecule has 1 heterocycles. The minimum absolute atomic E-state index is 0.302. The van der Waals surface area contributed by atoms with Crippen LogP contribution in [-0.4, -0.2) is 15.6 Å². The highest BCUT2D eigenvalue weighted by molar-refractivity contribution is 9.10. The predicted molar refractivity (Wildman–Crippen MR) is 64.6 cm³/mol. The van der Waals surface area contributed by atoms with Gasteiger partial charge in [0, 0.05) is 17.2 Å². The van der Waals surface area contributed by atoms with Crippen molar-refractivity contribution in [1.82, 2.24) is 4.57 Å². The molecule has 0 spiro atoms. The first-order valence-corrected chi connectivity index (χ1v) is 5.59. The van der Waals surface area contributed by atoms with E-state index in [1.165, 1.54) is 0 Å². The molecular formula is C12H10BrNO2. The summed E-state index contributed by atoms with van der Waals surface area (Å²) in [5.74, 6) is -0.906. The molecule has 2 aromatic rings. The van der Waals surface area contributed by atoms with E-state index >= 15 is 0 Å². The maximum absolute atomic E-state index is 10.9. The van der Waals surface area contributed by atoms with E-state index in [1.807, 2.05) is 24.3 Å². The van der Waals surface area contributed by atoms with Gasteiger partial charge in [0.15, 0.2) is 0 Å². The summed E-state index contributed by atoms with van der Waals surface area (Å²) < 4.78 is 2.70. The van der Waals surface area contributed by atoms with Crippen LogP contribution >= 0.6 is 15.9 Å². The number of aromatic nitrogens is 1. The van der Waals surface area contributed by atoms with Gasteiger partial charge in [-0.1, -0.05) is 34.1 Å². The first-order valence-electron chi connectivity index (χ1n) is 4.80. The molecule has 0 aliphatic carbocycles. The molecule has 0 amide bonds. The fourth-order valence-electron chi connectivity index (χ4n) is 1.56. The van der Waals surface area contributed by atoms with Crippen LogP contribution in [0.1, 0.15) is 16.1 Å². The zero-order valence-electron chi connectivity index (χ0n) is 8.43. The zero-order valence-corrected chi connectivity index (χ0v) is 10.0. The van der Waals surface area contributed by atoms with Crippen molar-refractivity contribution in [3.63, 3.8) is 0 Å². The smallest absolute Gasteiger partial charge is 0.352 e. The SMILES string of the molecule is O=C(O)c1cccn1Cc1ccccc1Br. The zero-order chi connectivity index (χ0) is 11.5. The number of carboxylic acid groups (broad SMARTS) is 1. The van der Waals surface area contributed by atoms with Crippen LogP contribution < -0.4 is 0 Å². The largest absolute Gasteiger partial charge is 0.477 e. The highest BCUT2D eigenvalue weighted by Gasteiger charge is 2.09. The van der Waals surface area contributed by atoms with Crippen molar-refractivity contribution in [1.29, 1.82) is 0 Å². The second kappa shape index (κ2) is 4.53. The monoisotopic (exact) mass is 279 g/mol. The van der Waals surface area contributed by atoms with Crippen LogP contribution in [0.4, 0.5) is 0 Å². The molecule has 0 unspecified atom stereocenters. The lowest BCUT2D eigenvalue weighted by Crippen LogP contribution is -2.08. The summed E-state index contributed by atoms with van der Waals surface area (Å²) >= 11 is 3.44. The van der Waals surface area contributed by atoms with E-state index in [1.54, 1.807) is 22.9 Å². The van der Waals surface area contributed by atoms with Crippen LogP contribution in [0.15, 0.2) is 47.1 Å². The van der Waals surface area contributed by atoms with Crippen molar-refractivity contribution < 1.29 is 9.90 Å². The number of carbonyl (C=O) groups is 1. The van der Waals surface area contributed by atoms with Crippen LogP contribution in [0.3, 0.4) is 0 Å². The molecule has 0 saturated heterocycles. The molecule has 0 aliphatic rings. The quantitative estimate of drug-likeness (QED) is 0.939. The molecular weight excluding hydrogens is 270 g/mol. The lowest BCUT2D eigenvalue weighted by Gasteiger charge is -2.07. The van der Waals surface area contributed by atoms with E-state index in [9.17, 15) is 4.79 Å². The molecule has 0 fully saturated rings. The van der Waals surface area contributed by atoms with Gasteiger partial charge in [0.05, 0.1) is 0 Å². The number of aromatic carboxylic acids is 1. The number of hydrogen-bond donors (Lipinski definition) is 1. The lowest BCUT2D eigenvalue weighted by atomic mass is 10.2.